The Morgan fingerprint density at radius 3 is 2.52 bits per heavy atom. The Morgan fingerprint density at radius 2 is 1.96 bits per heavy atom. The average molecular weight is 356 g/mol. The van der Waals surface area contributed by atoms with Crippen molar-refractivity contribution in [3.05, 3.63) is 52.5 Å². The quantitative estimate of drug-likeness (QED) is 0.822. The predicted molar refractivity (Wildman–Crippen MR) is 86.4 cm³/mol. The van der Waals surface area contributed by atoms with Gasteiger partial charge in [0.25, 0.3) is 10.0 Å². The third-order valence-electron chi connectivity index (χ3n) is 3.09. The number of esters is 1. The van der Waals surface area contributed by atoms with Crippen molar-refractivity contribution in [1.29, 1.82) is 0 Å². The van der Waals surface area contributed by atoms with Crippen molar-refractivity contribution in [3.8, 4) is 5.75 Å². The first kappa shape index (κ1) is 17.1. The highest BCUT2D eigenvalue weighted by atomic mass is 35.5. The SMILES string of the molecule is COC(=O)c1ccc(NS(=O)(=O)c2c(C)cccc2Cl)cc1O. The van der Waals surface area contributed by atoms with Crippen molar-refractivity contribution >= 4 is 33.3 Å². The molecule has 0 radical (unpaired) electrons. The summed E-state index contributed by atoms with van der Waals surface area (Å²) in [6, 6.07) is 8.47. The summed E-state index contributed by atoms with van der Waals surface area (Å²) >= 11 is 5.97. The monoisotopic (exact) mass is 355 g/mol. The maximum Gasteiger partial charge on any atom is 0.341 e. The minimum absolute atomic E-state index is 0.0433. The smallest absolute Gasteiger partial charge is 0.341 e. The largest absolute Gasteiger partial charge is 0.507 e. The molecule has 0 saturated heterocycles. The van der Waals surface area contributed by atoms with E-state index in [0.717, 1.165) is 6.07 Å². The van der Waals surface area contributed by atoms with Crippen LogP contribution in [0.15, 0.2) is 41.3 Å². The number of hydrogen-bond acceptors (Lipinski definition) is 5. The third-order valence-corrected chi connectivity index (χ3v) is 5.10. The molecule has 0 aliphatic carbocycles. The zero-order valence-electron chi connectivity index (χ0n) is 12.3. The predicted octanol–water partition coefficient (Wildman–Crippen LogP) is 2.94. The molecule has 0 aliphatic rings. The van der Waals surface area contributed by atoms with Crippen molar-refractivity contribution < 1.29 is 23.1 Å². The minimum Gasteiger partial charge on any atom is -0.507 e. The van der Waals surface area contributed by atoms with E-state index in [1.807, 2.05) is 0 Å². The lowest BCUT2D eigenvalue weighted by molar-refractivity contribution is 0.0597. The zero-order chi connectivity index (χ0) is 17.2. The summed E-state index contributed by atoms with van der Waals surface area (Å²) in [7, 11) is -2.76. The van der Waals surface area contributed by atoms with Crippen LogP contribution in [0.1, 0.15) is 15.9 Å². The fraction of sp³-hybridized carbons (Fsp3) is 0.133. The van der Waals surface area contributed by atoms with Gasteiger partial charge in [-0.2, -0.15) is 0 Å². The normalized spacial score (nSPS) is 11.1. The summed E-state index contributed by atoms with van der Waals surface area (Å²) in [6.07, 6.45) is 0. The minimum atomic E-state index is -3.94. The van der Waals surface area contributed by atoms with Gasteiger partial charge < -0.3 is 9.84 Å². The molecule has 0 fully saturated rings. The summed E-state index contributed by atoms with van der Waals surface area (Å²) in [6.45, 7) is 1.62. The van der Waals surface area contributed by atoms with E-state index in [-0.39, 0.29) is 21.2 Å². The van der Waals surface area contributed by atoms with Crippen LogP contribution in [0.4, 0.5) is 5.69 Å². The number of nitrogens with one attached hydrogen (secondary N) is 1. The van der Waals surface area contributed by atoms with Crippen molar-refractivity contribution in [2.75, 3.05) is 11.8 Å². The van der Waals surface area contributed by atoms with Crippen LogP contribution in [0.5, 0.6) is 5.75 Å². The first-order valence-corrected chi connectivity index (χ1v) is 8.31. The number of aromatic hydroxyl groups is 1. The maximum atomic E-state index is 12.5. The van der Waals surface area contributed by atoms with E-state index in [9.17, 15) is 18.3 Å². The second kappa shape index (κ2) is 6.47. The summed E-state index contributed by atoms with van der Waals surface area (Å²) in [4.78, 5) is 11.4. The molecule has 0 unspecified atom stereocenters. The second-order valence-electron chi connectivity index (χ2n) is 4.71. The van der Waals surface area contributed by atoms with Gasteiger partial charge in [0.15, 0.2) is 0 Å². The Morgan fingerprint density at radius 1 is 1.26 bits per heavy atom. The molecule has 0 bridgehead atoms. The number of carbonyl (C=O) groups excluding carboxylic acids is 1. The summed E-state index contributed by atoms with van der Waals surface area (Å²) < 4.78 is 31.7. The summed E-state index contributed by atoms with van der Waals surface area (Å²) in [5.74, 6) is -1.12. The third kappa shape index (κ3) is 3.57. The first-order valence-electron chi connectivity index (χ1n) is 6.45. The number of aryl methyl sites for hydroxylation is 1. The van der Waals surface area contributed by atoms with E-state index in [1.54, 1.807) is 19.1 Å². The molecule has 2 rings (SSSR count). The van der Waals surface area contributed by atoms with Gasteiger partial charge in [-0.25, -0.2) is 13.2 Å². The molecule has 0 aromatic heterocycles. The lowest BCUT2D eigenvalue weighted by Crippen LogP contribution is -2.15. The number of sulfonamides is 1. The van der Waals surface area contributed by atoms with Gasteiger partial charge in [0.05, 0.1) is 17.8 Å². The Hall–Kier alpha value is -2.25. The second-order valence-corrected chi connectivity index (χ2v) is 6.74. The summed E-state index contributed by atoms with van der Waals surface area (Å²) in [5.41, 5.74) is 0.513. The van der Waals surface area contributed by atoms with Crippen molar-refractivity contribution in [2.24, 2.45) is 0 Å². The van der Waals surface area contributed by atoms with Crippen molar-refractivity contribution in [2.45, 2.75) is 11.8 Å². The molecular weight excluding hydrogens is 342 g/mol. The van der Waals surface area contributed by atoms with Gasteiger partial charge >= 0.3 is 5.97 Å². The molecule has 0 spiro atoms. The highest BCUT2D eigenvalue weighted by molar-refractivity contribution is 7.92. The van der Waals surface area contributed by atoms with Crippen LogP contribution < -0.4 is 4.72 Å². The average Bonchev–Trinajstić information content (AvgIpc) is 2.45. The molecule has 23 heavy (non-hydrogen) atoms. The summed E-state index contributed by atoms with van der Waals surface area (Å²) in [5, 5.41) is 9.90. The maximum absolute atomic E-state index is 12.5. The first-order chi connectivity index (χ1) is 10.8. The van der Waals surface area contributed by atoms with E-state index in [4.69, 9.17) is 11.6 Å². The number of phenolic OH excluding ortho intramolecular Hbond substituents is 1. The van der Waals surface area contributed by atoms with Gasteiger partial charge in [-0.1, -0.05) is 23.7 Å². The number of halogens is 1. The Balaban J connectivity index is 2.39. The van der Waals surface area contributed by atoms with E-state index in [2.05, 4.69) is 9.46 Å². The number of anilines is 1. The fourth-order valence-corrected chi connectivity index (χ4v) is 3.92. The van der Waals surface area contributed by atoms with Crippen molar-refractivity contribution in [1.82, 2.24) is 0 Å². The number of methoxy groups -OCH3 is 1. The molecule has 2 aromatic rings. The van der Waals surface area contributed by atoms with Crippen LogP contribution in [-0.4, -0.2) is 26.6 Å². The van der Waals surface area contributed by atoms with Gasteiger partial charge in [-0.3, -0.25) is 4.72 Å². The van der Waals surface area contributed by atoms with Gasteiger partial charge in [-0.05, 0) is 30.7 Å². The molecule has 8 heteroatoms. The Labute approximate surface area is 138 Å². The number of ether oxygens (including phenoxy) is 1. The highest BCUT2D eigenvalue weighted by Gasteiger charge is 2.21. The lowest BCUT2D eigenvalue weighted by atomic mass is 10.2. The zero-order valence-corrected chi connectivity index (χ0v) is 13.9. The highest BCUT2D eigenvalue weighted by Crippen LogP contribution is 2.29. The van der Waals surface area contributed by atoms with Crippen molar-refractivity contribution in [3.63, 3.8) is 0 Å². The number of hydrogen-bond donors (Lipinski definition) is 2. The van der Waals surface area contributed by atoms with Crippen LogP contribution in [0, 0.1) is 6.92 Å². The van der Waals surface area contributed by atoms with Gasteiger partial charge in [0.2, 0.25) is 0 Å². The van der Waals surface area contributed by atoms with Crippen LogP contribution >= 0.6 is 11.6 Å². The van der Waals surface area contributed by atoms with Crippen LogP contribution in [0.2, 0.25) is 5.02 Å². The number of benzene rings is 2. The van der Waals surface area contributed by atoms with Gasteiger partial charge in [0.1, 0.15) is 16.2 Å². The molecular formula is C15H14ClNO5S. The number of phenols is 1. The molecule has 2 N–H and O–H groups in total. The van der Waals surface area contributed by atoms with Gasteiger partial charge in [-0.15, -0.1) is 0 Å². The van der Waals surface area contributed by atoms with E-state index in [0.29, 0.717) is 5.56 Å². The molecule has 0 saturated carbocycles. The molecule has 6 nitrogen and oxygen atoms in total. The number of carbonyl (C=O) groups is 1. The van der Waals surface area contributed by atoms with Crippen LogP contribution in [0.3, 0.4) is 0 Å². The molecule has 0 amide bonds. The number of rotatable bonds is 4. The van der Waals surface area contributed by atoms with E-state index >= 15 is 0 Å². The fourth-order valence-electron chi connectivity index (χ4n) is 2.04. The molecule has 122 valence electrons. The Bertz CT molecular complexity index is 844. The van der Waals surface area contributed by atoms with Gasteiger partial charge in [0, 0.05) is 6.07 Å². The molecule has 2 aromatic carbocycles. The van der Waals surface area contributed by atoms with Crippen LogP contribution in [-0.2, 0) is 14.8 Å². The molecule has 0 atom stereocenters. The van der Waals surface area contributed by atoms with E-state index < -0.39 is 21.7 Å². The topological polar surface area (TPSA) is 92.7 Å². The standard InChI is InChI=1S/C15H14ClNO5S/c1-9-4-3-5-12(16)14(9)23(20,21)17-10-6-7-11(13(18)8-10)15(19)22-2/h3-8,17-18H,1-2H3. The molecule has 0 aliphatic heterocycles. The van der Waals surface area contributed by atoms with Crippen LogP contribution in [0.25, 0.3) is 0 Å². The lowest BCUT2D eigenvalue weighted by Gasteiger charge is -2.12. The Kier molecular flexibility index (Phi) is 4.82. The van der Waals surface area contributed by atoms with E-state index in [1.165, 1.54) is 25.3 Å². The molecule has 0 heterocycles.